The number of imidazole rings is 1. The molecule has 0 atom stereocenters. The Morgan fingerprint density at radius 2 is 1.92 bits per heavy atom. The molecule has 1 amide bonds. The summed E-state index contributed by atoms with van der Waals surface area (Å²) in [6, 6.07) is 13.1. The first-order valence-electron chi connectivity index (χ1n) is 8.32. The first kappa shape index (κ1) is 17.7. The topological polar surface area (TPSA) is 70.4 Å². The second kappa shape index (κ2) is 7.41. The van der Waals surface area contributed by atoms with Gasteiger partial charge in [0.15, 0.2) is 0 Å². The van der Waals surface area contributed by atoms with Crippen LogP contribution in [0.25, 0.3) is 17.1 Å². The number of aromatic hydroxyl groups is 1. The lowest BCUT2D eigenvalue weighted by molar-refractivity contribution is -0.114. The Balaban J connectivity index is 1.95. The Kier molecular flexibility index (Phi) is 5.04. The van der Waals surface area contributed by atoms with Gasteiger partial charge in [0.25, 0.3) is 0 Å². The number of carbonyl (C=O) groups is 1. The number of aromatic nitrogens is 2. The zero-order chi connectivity index (χ0) is 18.7. The minimum absolute atomic E-state index is 0.0985. The molecule has 6 heteroatoms. The van der Waals surface area contributed by atoms with E-state index in [9.17, 15) is 9.90 Å². The van der Waals surface area contributed by atoms with Gasteiger partial charge in [0.1, 0.15) is 11.6 Å². The van der Waals surface area contributed by atoms with Crippen LogP contribution < -0.4 is 5.32 Å². The van der Waals surface area contributed by atoms with Crippen LogP contribution in [0.3, 0.4) is 0 Å². The molecule has 3 rings (SSSR count). The normalized spacial score (nSPS) is 10.9. The van der Waals surface area contributed by atoms with Crippen LogP contribution in [0, 0.1) is 0 Å². The molecular weight excluding hydrogens is 328 g/mol. The van der Waals surface area contributed by atoms with Gasteiger partial charge in [-0.2, -0.15) is 0 Å². The van der Waals surface area contributed by atoms with Gasteiger partial charge in [-0.25, -0.2) is 4.98 Å². The van der Waals surface area contributed by atoms with Gasteiger partial charge in [-0.05, 0) is 56.6 Å². The molecule has 0 radical (unpaired) electrons. The Labute approximate surface area is 152 Å². The number of phenols is 1. The van der Waals surface area contributed by atoms with Crippen LogP contribution in [0.5, 0.6) is 5.75 Å². The quantitative estimate of drug-likeness (QED) is 0.741. The van der Waals surface area contributed by atoms with E-state index >= 15 is 0 Å². The van der Waals surface area contributed by atoms with Gasteiger partial charge in [-0.3, -0.25) is 9.36 Å². The van der Waals surface area contributed by atoms with Crippen molar-refractivity contribution >= 4 is 11.6 Å². The second-order valence-electron chi connectivity index (χ2n) is 6.43. The molecule has 0 saturated carbocycles. The van der Waals surface area contributed by atoms with Crippen LogP contribution in [-0.4, -0.2) is 39.6 Å². The maximum absolute atomic E-state index is 11.2. The van der Waals surface area contributed by atoms with Crippen molar-refractivity contribution < 1.29 is 9.90 Å². The summed E-state index contributed by atoms with van der Waals surface area (Å²) in [5, 5.41) is 12.8. The molecule has 0 spiro atoms. The molecule has 1 heterocycles. The number of carbonyl (C=O) groups excluding carboxylic acids is 1. The third-order valence-corrected chi connectivity index (χ3v) is 3.93. The van der Waals surface area contributed by atoms with Crippen molar-refractivity contribution in [2.45, 2.75) is 13.5 Å². The summed E-state index contributed by atoms with van der Waals surface area (Å²) in [7, 11) is 3.92. The van der Waals surface area contributed by atoms with Crippen LogP contribution in [0.15, 0.2) is 54.9 Å². The third kappa shape index (κ3) is 3.92. The molecule has 0 fully saturated rings. The SMILES string of the molecule is CC(=O)Nc1ccc(-n2ccnc2-c2ccc(O)c(CN(C)C)c2)cc1. The summed E-state index contributed by atoms with van der Waals surface area (Å²) in [4.78, 5) is 17.6. The second-order valence-corrected chi connectivity index (χ2v) is 6.43. The van der Waals surface area contributed by atoms with Crippen molar-refractivity contribution in [1.29, 1.82) is 0 Å². The van der Waals surface area contributed by atoms with E-state index in [0.29, 0.717) is 6.54 Å². The predicted octanol–water partition coefficient (Wildman–Crippen LogP) is 3.26. The number of hydrogen-bond acceptors (Lipinski definition) is 4. The standard InChI is InChI=1S/C20H22N4O2/c1-14(25)22-17-5-7-18(8-6-17)24-11-10-21-20(24)15-4-9-19(26)16(12-15)13-23(2)3/h4-12,26H,13H2,1-3H3,(H,22,25). The van der Waals surface area contributed by atoms with Crippen LogP contribution in [0.4, 0.5) is 5.69 Å². The molecular formula is C20H22N4O2. The van der Waals surface area contributed by atoms with Crippen LogP contribution in [0.1, 0.15) is 12.5 Å². The van der Waals surface area contributed by atoms with Crippen LogP contribution >= 0.6 is 0 Å². The zero-order valence-corrected chi connectivity index (χ0v) is 15.1. The highest BCUT2D eigenvalue weighted by Gasteiger charge is 2.11. The molecule has 26 heavy (non-hydrogen) atoms. The fourth-order valence-corrected chi connectivity index (χ4v) is 2.83. The first-order chi connectivity index (χ1) is 12.4. The molecule has 3 aromatic rings. The summed E-state index contributed by atoms with van der Waals surface area (Å²) < 4.78 is 1.98. The summed E-state index contributed by atoms with van der Waals surface area (Å²) in [5.74, 6) is 0.969. The number of hydrogen-bond donors (Lipinski definition) is 2. The average molecular weight is 350 g/mol. The molecule has 134 valence electrons. The molecule has 0 aliphatic heterocycles. The van der Waals surface area contributed by atoms with E-state index in [1.807, 2.05) is 66.2 Å². The number of nitrogens with zero attached hydrogens (tertiary/aromatic N) is 3. The monoisotopic (exact) mass is 350 g/mol. The van der Waals surface area contributed by atoms with Crippen molar-refractivity contribution in [2.24, 2.45) is 0 Å². The minimum atomic E-state index is -0.0985. The fraction of sp³-hybridized carbons (Fsp3) is 0.200. The number of rotatable bonds is 5. The lowest BCUT2D eigenvalue weighted by Crippen LogP contribution is -2.11. The number of anilines is 1. The van der Waals surface area contributed by atoms with Crippen molar-refractivity contribution in [3.05, 3.63) is 60.4 Å². The minimum Gasteiger partial charge on any atom is -0.508 e. The molecule has 2 aromatic carbocycles. The van der Waals surface area contributed by atoms with Crippen molar-refractivity contribution in [3.8, 4) is 22.8 Å². The lowest BCUT2D eigenvalue weighted by atomic mass is 10.1. The molecule has 0 saturated heterocycles. The molecule has 2 N–H and O–H groups in total. The molecule has 0 unspecified atom stereocenters. The Bertz CT molecular complexity index is 914. The molecule has 0 aliphatic rings. The molecule has 0 bridgehead atoms. The summed E-state index contributed by atoms with van der Waals surface area (Å²) >= 11 is 0. The Morgan fingerprint density at radius 1 is 1.19 bits per heavy atom. The van der Waals surface area contributed by atoms with Gasteiger partial charge in [-0.15, -0.1) is 0 Å². The summed E-state index contributed by atoms with van der Waals surface area (Å²) in [5.41, 5.74) is 3.47. The molecule has 0 aliphatic carbocycles. The van der Waals surface area contributed by atoms with Crippen molar-refractivity contribution in [2.75, 3.05) is 19.4 Å². The maximum atomic E-state index is 11.2. The summed E-state index contributed by atoms with van der Waals surface area (Å²) in [6.07, 6.45) is 3.64. The number of benzene rings is 2. The van der Waals surface area contributed by atoms with Crippen LogP contribution in [0.2, 0.25) is 0 Å². The maximum Gasteiger partial charge on any atom is 0.221 e. The van der Waals surface area contributed by atoms with E-state index in [4.69, 9.17) is 0 Å². The molecule has 1 aromatic heterocycles. The van der Waals surface area contributed by atoms with Gasteiger partial charge in [0, 0.05) is 48.4 Å². The van der Waals surface area contributed by atoms with Crippen molar-refractivity contribution in [1.82, 2.24) is 14.5 Å². The summed E-state index contributed by atoms with van der Waals surface area (Å²) in [6.45, 7) is 2.13. The van der Waals surface area contributed by atoms with E-state index in [0.717, 1.165) is 28.3 Å². The third-order valence-electron chi connectivity index (χ3n) is 3.93. The van der Waals surface area contributed by atoms with Gasteiger partial charge in [0.05, 0.1) is 0 Å². The smallest absolute Gasteiger partial charge is 0.221 e. The zero-order valence-electron chi connectivity index (χ0n) is 15.1. The highest BCUT2D eigenvalue weighted by molar-refractivity contribution is 5.88. The highest BCUT2D eigenvalue weighted by Crippen LogP contribution is 2.27. The average Bonchev–Trinajstić information content (AvgIpc) is 3.06. The van der Waals surface area contributed by atoms with E-state index in [1.54, 1.807) is 12.3 Å². The lowest BCUT2D eigenvalue weighted by Gasteiger charge is -2.14. The van der Waals surface area contributed by atoms with Gasteiger partial charge >= 0.3 is 0 Å². The van der Waals surface area contributed by atoms with Gasteiger partial charge in [0.2, 0.25) is 5.91 Å². The van der Waals surface area contributed by atoms with Gasteiger partial charge < -0.3 is 15.3 Å². The highest BCUT2D eigenvalue weighted by atomic mass is 16.3. The van der Waals surface area contributed by atoms with E-state index in [2.05, 4.69) is 10.3 Å². The van der Waals surface area contributed by atoms with E-state index in [1.165, 1.54) is 6.92 Å². The molecule has 6 nitrogen and oxygen atoms in total. The van der Waals surface area contributed by atoms with Crippen LogP contribution in [-0.2, 0) is 11.3 Å². The largest absolute Gasteiger partial charge is 0.508 e. The fourth-order valence-electron chi connectivity index (χ4n) is 2.83. The number of phenolic OH excluding ortho intramolecular Hbond substituents is 1. The first-order valence-corrected chi connectivity index (χ1v) is 8.32. The Hall–Kier alpha value is -3.12. The Morgan fingerprint density at radius 3 is 2.58 bits per heavy atom. The van der Waals surface area contributed by atoms with E-state index in [-0.39, 0.29) is 11.7 Å². The number of nitrogens with one attached hydrogen (secondary N) is 1. The van der Waals surface area contributed by atoms with Gasteiger partial charge in [-0.1, -0.05) is 0 Å². The van der Waals surface area contributed by atoms with E-state index < -0.39 is 0 Å². The van der Waals surface area contributed by atoms with Crippen molar-refractivity contribution in [3.63, 3.8) is 0 Å². The predicted molar refractivity (Wildman–Crippen MR) is 102 cm³/mol. The number of amides is 1.